The first kappa shape index (κ1) is 14.9. The average Bonchev–Trinajstić information content (AvgIpc) is 2.22. The number of unbranched alkanes of at least 4 members (excludes halogenated alkanes) is 2. The molecule has 4 nitrogen and oxygen atoms in total. The van der Waals surface area contributed by atoms with E-state index in [1.165, 1.54) is 25.7 Å². The molecule has 17 heavy (non-hydrogen) atoms. The molecule has 0 amide bonds. The van der Waals surface area contributed by atoms with Gasteiger partial charge in [0, 0.05) is 6.61 Å². The summed E-state index contributed by atoms with van der Waals surface area (Å²) in [6.07, 6.45) is 7.84. The van der Waals surface area contributed by atoms with Crippen molar-refractivity contribution in [3.05, 3.63) is 0 Å². The van der Waals surface area contributed by atoms with Gasteiger partial charge in [0.15, 0.2) is 0 Å². The predicted molar refractivity (Wildman–Crippen MR) is 69.2 cm³/mol. The minimum atomic E-state index is -3.28. The molecule has 0 heterocycles. The minimum absolute atomic E-state index is 0.0907. The first-order valence-electron chi connectivity index (χ1n) is 6.59. The second kappa shape index (κ2) is 7.34. The molecule has 1 saturated carbocycles. The molecule has 1 fully saturated rings. The second-order valence-corrected chi connectivity index (χ2v) is 6.93. The van der Waals surface area contributed by atoms with Crippen molar-refractivity contribution < 1.29 is 13.2 Å². The molecule has 0 aromatic carbocycles. The van der Waals surface area contributed by atoms with Crippen molar-refractivity contribution in [3.8, 4) is 0 Å². The van der Waals surface area contributed by atoms with Gasteiger partial charge in [-0.15, -0.1) is 0 Å². The number of rotatable bonds is 7. The van der Waals surface area contributed by atoms with Gasteiger partial charge in [-0.25, -0.2) is 13.6 Å². The van der Waals surface area contributed by atoms with E-state index in [0.717, 1.165) is 25.4 Å². The molecule has 1 rings (SSSR count). The molecule has 5 heteroatoms. The van der Waals surface area contributed by atoms with Gasteiger partial charge in [-0.1, -0.05) is 26.2 Å². The fourth-order valence-electron chi connectivity index (χ4n) is 2.36. The predicted octanol–water partition coefficient (Wildman–Crippen LogP) is 2.04. The van der Waals surface area contributed by atoms with Crippen LogP contribution < -0.4 is 5.14 Å². The third-order valence-electron chi connectivity index (χ3n) is 3.32. The van der Waals surface area contributed by atoms with Gasteiger partial charge in [0.05, 0.1) is 11.9 Å². The molecule has 0 aromatic heterocycles. The molecule has 0 spiro atoms. The van der Waals surface area contributed by atoms with Crippen LogP contribution in [0.2, 0.25) is 0 Å². The van der Waals surface area contributed by atoms with E-state index in [0.29, 0.717) is 12.5 Å². The Morgan fingerprint density at radius 3 is 2.65 bits per heavy atom. The summed E-state index contributed by atoms with van der Waals surface area (Å²) >= 11 is 0. The lowest BCUT2D eigenvalue weighted by atomic mass is 9.89. The zero-order chi connectivity index (χ0) is 12.7. The second-order valence-electron chi connectivity index (χ2n) is 5.19. The first-order chi connectivity index (χ1) is 7.97. The van der Waals surface area contributed by atoms with Crippen molar-refractivity contribution in [2.45, 2.75) is 58.0 Å². The summed E-state index contributed by atoms with van der Waals surface area (Å²) in [5.74, 6) is 0.879. The highest BCUT2D eigenvalue weighted by molar-refractivity contribution is 7.89. The lowest BCUT2D eigenvalue weighted by molar-refractivity contribution is 0.0138. The summed E-state index contributed by atoms with van der Waals surface area (Å²) in [4.78, 5) is 0. The molecular weight excluding hydrogens is 238 g/mol. The summed E-state index contributed by atoms with van der Waals surface area (Å²) in [6, 6.07) is 0. The van der Waals surface area contributed by atoms with Crippen LogP contribution >= 0.6 is 0 Å². The van der Waals surface area contributed by atoms with Crippen LogP contribution in [0.5, 0.6) is 0 Å². The van der Waals surface area contributed by atoms with E-state index >= 15 is 0 Å². The van der Waals surface area contributed by atoms with Gasteiger partial charge in [-0.3, -0.25) is 0 Å². The van der Waals surface area contributed by atoms with Crippen molar-refractivity contribution in [1.82, 2.24) is 0 Å². The van der Waals surface area contributed by atoms with Crippen LogP contribution in [0.3, 0.4) is 0 Å². The maximum atomic E-state index is 10.7. The molecule has 1 aliphatic rings. The Morgan fingerprint density at radius 1 is 1.24 bits per heavy atom. The Kier molecular flexibility index (Phi) is 6.44. The lowest BCUT2D eigenvalue weighted by Gasteiger charge is -2.26. The number of hydrogen-bond acceptors (Lipinski definition) is 3. The molecule has 102 valence electrons. The number of ether oxygens (including phenoxy) is 1. The average molecular weight is 263 g/mol. The maximum absolute atomic E-state index is 10.7. The highest BCUT2D eigenvalue weighted by atomic mass is 32.2. The molecule has 0 bridgehead atoms. The Morgan fingerprint density at radius 2 is 2.00 bits per heavy atom. The van der Waals surface area contributed by atoms with Crippen LogP contribution in [0.4, 0.5) is 0 Å². The quantitative estimate of drug-likeness (QED) is 0.715. The molecule has 0 saturated heterocycles. The van der Waals surface area contributed by atoms with Gasteiger partial charge < -0.3 is 4.74 Å². The molecule has 0 radical (unpaired) electrons. The summed E-state index contributed by atoms with van der Waals surface area (Å²) < 4.78 is 27.2. The van der Waals surface area contributed by atoms with Crippen molar-refractivity contribution in [2.75, 3.05) is 12.4 Å². The van der Waals surface area contributed by atoms with E-state index in [2.05, 4.69) is 6.92 Å². The Bertz CT molecular complexity index is 303. The molecule has 0 aromatic rings. The smallest absolute Gasteiger partial charge is 0.209 e. The highest BCUT2D eigenvalue weighted by Crippen LogP contribution is 2.25. The van der Waals surface area contributed by atoms with E-state index in [4.69, 9.17) is 9.88 Å². The van der Waals surface area contributed by atoms with Gasteiger partial charge in [-0.05, 0) is 31.6 Å². The Labute approximate surface area is 105 Å². The Balaban J connectivity index is 1.97. The summed E-state index contributed by atoms with van der Waals surface area (Å²) in [6.45, 7) is 3.03. The van der Waals surface area contributed by atoms with Gasteiger partial charge in [0.1, 0.15) is 0 Å². The lowest BCUT2D eigenvalue weighted by Crippen LogP contribution is -2.22. The van der Waals surface area contributed by atoms with Crippen LogP contribution in [0, 0.1) is 5.92 Å². The van der Waals surface area contributed by atoms with Crippen molar-refractivity contribution in [3.63, 3.8) is 0 Å². The minimum Gasteiger partial charge on any atom is -0.378 e. The van der Waals surface area contributed by atoms with Gasteiger partial charge in [-0.2, -0.15) is 0 Å². The Hall–Kier alpha value is -0.130. The van der Waals surface area contributed by atoms with Crippen molar-refractivity contribution in [1.29, 1.82) is 0 Å². The molecule has 1 aliphatic carbocycles. The maximum Gasteiger partial charge on any atom is 0.209 e. The third-order valence-corrected chi connectivity index (χ3v) is 4.17. The summed E-state index contributed by atoms with van der Waals surface area (Å²) in [5.41, 5.74) is 0. The van der Waals surface area contributed by atoms with Crippen LogP contribution in [-0.2, 0) is 14.8 Å². The highest BCUT2D eigenvalue weighted by Gasteiger charge is 2.18. The van der Waals surface area contributed by atoms with Gasteiger partial charge in [0.2, 0.25) is 10.0 Å². The standard InChI is InChI=1S/C12H25NO3S/c1-11-6-5-7-12(10-11)16-8-3-2-4-9-17(13,14)15/h11-12H,2-10H2,1H3,(H2,13,14,15). The van der Waals surface area contributed by atoms with Crippen LogP contribution in [0.15, 0.2) is 0 Å². The zero-order valence-corrected chi connectivity index (χ0v) is 11.5. The fraction of sp³-hybridized carbons (Fsp3) is 1.00. The van der Waals surface area contributed by atoms with E-state index in [-0.39, 0.29) is 5.75 Å². The van der Waals surface area contributed by atoms with E-state index < -0.39 is 10.0 Å². The normalized spacial score (nSPS) is 26.0. The number of sulfonamides is 1. The van der Waals surface area contributed by atoms with Gasteiger partial charge in [0.25, 0.3) is 0 Å². The first-order valence-corrected chi connectivity index (χ1v) is 8.31. The van der Waals surface area contributed by atoms with Crippen LogP contribution in [0.25, 0.3) is 0 Å². The largest absolute Gasteiger partial charge is 0.378 e. The molecule has 2 atom stereocenters. The topological polar surface area (TPSA) is 69.4 Å². The summed E-state index contributed by atoms with van der Waals surface area (Å²) in [7, 11) is -3.28. The fourth-order valence-corrected chi connectivity index (χ4v) is 2.97. The molecule has 0 aliphatic heterocycles. The molecule has 2 unspecified atom stereocenters. The van der Waals surface area contributed by atoms with Crippen molar-refractivity contribution >= 4 is 10.0 Å². The van der Waals surface area contributed by atoms with E-state index in [9.17, 15) is 8.42 Å². The third kappa shape index (κ3) is 7.73. The van der Waals surface area contributed by atoms with E-state index in [1.807, 2.05) is 0 Å². The SMILES string of the molecule is CC1CCCC(OCCCCCS(N)(=O)=O)C1. The zero-order valence-electron chi connectivity index (χ0n) is 10.7. The van der Waals surface area contributed by atoms with Gasteiger partial charge >= 0.3 is 0 Å². The van der Waals surface area contributed by atoms with E-state index in [1.54, 1.807) is 0 Å². The monoisotopic (exact) mass is 263 g/mol. The summed E-state index contributed by atoms with van der Waals surface area (Å²) in [5, 5.41) is 4.92. The molecule has 2 N–H and O–H groups in total. The number of hydrogen-bond donors (Lipinski definition) is 1. The number of nitrogens with two attached hydrogens (primary N) is 1. The molecular formula is C12H25NO3S. The van der Waals surface area contributed by atoms with Crippen LogP contribution in [-0.4, -0.2) is 26.9 Å². The van der Waals surface area contributed by atoms with Crippen LogP contribution in [0.1, 0.15) is 51.9 Å². The number of primary sulfonamides is 1. The van der Waals surface area contributed by atoms with Crippen molar-refractivity contribution in [2.24, 2.45) is 11.1 Å².